The van der Waals surface area contributed by atoms with Gasteiger partial charge in [0, 0.05) is 33.9 Å². The molecule has 0 aromatic carbocycles. The molecular weight excluding hydrogens is 208 g/mol. The average Bonchev–Trinajstić information content (AvgIpc) is 2.68. The first-order valence-electron chi connectivity index (χ1n) is 5.45. The maximum Gasteiger partial charge on any atom is 0.164 e. The van der Waals surface area contributed by atoms with Gasteiger partial charge in [0.1, 0.15) is 6.33 Å². The molecule has 0 unspecified atom stereocenters. The molecule has 6 heteroatoms. The number of hydrogen-bond acceptors (Lipinski definition) is 5. The Labute approximate surface area is 96.0 Å². The average molecular weight is 228 g/mol. The Morgan fingerprint density at radius 2 is 2.25 bits per heavy atom. The molecule has 0 spiro atoms. The summed E-state index contributed by atoms with van der Waals surface area (Å²) in [5.74, 6) is 0.807. The van der Waals surface area contributed by atoms with Crippen LogP contribution in [0.25, 0.3) is 0 Å². The summed E-state index contributed by atoms with van der Waals surface area (Å²) in [5.41, 5.74) is 0. The van der Waals surface area contributed by atoms with Gasteiger partial charge in [0.15, 0.2) is 5.82 Å². The molecule has 0 radical (unpaired) electrons. The molecule has 0 aliphatic carbocycles. The number of ether oxygens (including phenoxy) is 2. The van der Waals surface area contributed by atoms with Crippen molar-refractivity contribution in [2.45, 2.75) is 13.0 Å². The summed E-state index contributed by atoms with van der Waals surface area (Å²) in [6.45, 7) is 3.70. The quantitative estimate of drug-likeness (QED) is 0.601. The Balaban J connectivity index is 1.88. The number of aromatic nitrogens is 3. The van der Waals surface area contributed by atoms with Crippen LogP contribution in [0.5, 0.6) is 0 Å². The Bertz CT molecular complexity index is 278. The van der Waals surface area contributed by atoms with Gasteiger partial charge in [0.2, 0.25) is 0 Å². The third-order valence-electron chi connectivity index (χ3n) is 1.99. The van der Waals surface area contributed by atoms with Gasteiger partial charge in [-0.1, -0.05) is 0 Å². The van der Waals surface area contributed by atoms with E-state index >= 15 is 0 Å². The lowest BCUT2D eigenvalue weighted by molar-refractivity contribution is 0.104. The van der Waals surface area contributed by atoms with E-state index in [4.69, 9.17) is 9.47 Å². The van der Waals surface area contributed by atoms with Crippen molar-refractivity contribution < 1.29 is 9.47 Å². The normalized spacial score (nSPS) is 10.9. The van der Waals surface area contributed by atoms with Crippen LogP contribution in [0.4, 0.5) is 0 Å². The van der Waals surface area contributed by atoms with Gasteiger partial charge in [-0.2, -0.15) is 5.10 Å². The van der Waals surface area contributed by atoms with E-state index in [-0.39, 0.29) is 0 Å². The molecule has 0 aliphatic rings. The summed E-state index contributed by atoms with van der Waals surface area (Å²) in [4.78, 5) is 4.11. The van der Waals surface area contributed by atoms with Gasteiger partial charge >= 0.3 is 0 Å². The van der Waals surface area contributed by atoms with Crippen LogP contribution in [0.1, 0.15) is 12.2 Å². The van der Waals surface area contributed by atoms with Crippen molar-refractivity contribution in [1.29, 1.82) is 0 Å². The topological polar surface area (TPSA) is 61.2 Å². The molecule has 1 aromatic rings. The third-order valence-corrected chi connectivity index (χ3v) is 1.99. The number of nitrogens with zero attached hydrogens (tertiary/aromatic N) is 3. The van der Waals surface area contributed by atoms with Gasteiger partial charge in [0.05, 0.1) is 13.2 Å². The van der Waals surface area contributed by atoms with Crippen molar-refractivity contribution in [2.75, 3.05) is 33.5 Å². The Hall–Kier alpha value is -0.980. The van der Waals surface area contributed by atoms with Crippen LogP contribution < -0.4 is 5.32 Å². The van der Waals surface area contributed by atoms with E-state index < -0.39 is 0 Å². The second kappa shape index (κ2) is 8.20. The maximum absolute atomic E-state index is 5.39. The van der Waals surface area contributed by atoms with Crippen LogP contribution in [0, 0.1) is 0 Å². The van der Waals surface area contributed by atoms with E-state index in [0.29, 0.717) is 13.2 Å². The number of hydrogen-bond donors (Lipinski definition) is 1. The van der Waals surface area contributed by atoms with Crippen molar-refractivity contribution in [2.24, 2.45) is 7.05 Å². The van der Waals surface area contributed by atoms with Crippen molar-refractivity contribution >= 4 is 0 Å². The molecule has 0 fully saturated rings. The van der Waals surface area contributed by atoms with E-state index in [2.05, 4.69) is 15.4 Å². The molecule has 6 nitrogen and oxygen atoms in total. The van der Waals surface area contributed by atoms with E-state index in [1.54, 1.807) is 18.1 Å². The molecule has 16 heavy (non-hydrogen) atoms. The molecule has 1 heterocycles. The summed E-state index contributed by atoms with van der Waals surface area (Å²) in [6.07, 6.45) is 2.64. The van der Waals surface area contributed by atoms with Crippen LogP contribution >= 0.6 is 0 Å². The standard InChI is InChI=1S/C10H20N4O2/c1-14-9-12-10(13-14)8-11-4-7-16-6-3-5-15-2/h9,11H,3-8H2,1-2H3. The zero-order valence-corrected chi connectivity index (χ0v) is 9.98. The molecule has 0 amide bonds. The molecular formula is C10H20N4O2. The first-order chi connectivity index (χ1) is 7.83. The van der Waals surface area contributed by atoms with Crippen molar-refractivity contribution in [1.82, 2.24) is 20.1 Å². The highest BCUT2D eigenvalue weighted by Crippen LogP contribution is 1.86. The molecule has 1 aromatic heterocycles. The van der Waals surface area contributed by atoms with Crippen LogP contribution in [0.3, 0.4) is 0 Å². The van der Waals surface area contributed by atoms with Crippen LogP contribution in [-0.2, 0) is 23.1 Å². The number of nitrogens with one attached hydrogen (secondary N) is 1. The lowest BCUT2D eigenvalue weighted by Gasteiger charge is -2.04. The fourth-order valence-corrected chi connectivity index (χ4v) is 1.22. The Kier molecular flexibility index (Phi) is 6.71. The van der Waals surface area contributed by atoms with Crippen LogP contribution in [-0.4, -0.2) is 48.2 Å². The van der Waals surface area contributed by atoms with Crippen molar-refractivity contribution in [3.63, 3.8) is 0 Å². The zero-order chi connectivity index (χ0) is 11.6. The summed E-state index contributed by atoms with van der Waals surface area (Å²) in [5, 5.41) is 7.37. The van der Waals surface area contributed by atoms with Crippen LogP contribution in [0.15, 0.2) is 6.33 Å². The molecule has 0 bridgehead atoms. The van der Waals surface area contributed by atoms with Crippen molar-refractivity contribution in [3.8, 4) is 0 Å². The van der Waals surface area contributed by atoms with Gasteiger partial charge in [-0.05, 0) is 6.42 Å². The summed E-state index contributed by atoms with van der Waals surface area (Å²) >= 11 is 0. The highest BCUT2D eigenvalue weighted by atomic mass is 16.5. The number of aryl methyl sites for hydroxylation is 1. The van der Waals surface area contributed by atoms with E-state index in [1.807, 2.05) is 7.05 Å². The maximum atomic E-state index is 5.39. The highest BCUT2D eigenvalue weighted by molar-refractivity contribution is 4.79. The van der Waals surface area contributed by atoms with Gasteiger partial charge in [-0.25, -0.2) is 4.98 Å². The van der Waals surface area contributed by atoms with E-state index in [9.17, 15) is 0 Å². The molecule has 0 aliphatic heterocycles. The second-order valence-electron chi connectivity index (χ2n) is 3.47. The largest absolute Gasteiger partial charge is 0.385 e. The molecule has 0 saturated heterocycles. The fraction of sp³-hybridized carbons (Fsp3) is 0.800. The van der Waals surface area contributed by atoms with Gasteiger partial charge in [0.25, 0.3) is 0 Å². The predicted octanol–water partition coefficient (Wildman–Crippen LogP) is -0.0422. The molecule has 1 rings (SSSR count). The van der Waals surface area contributed by atoms with E-state index in [0.717, 1.165) is 32.0 Å². The minimum Gasteiger partial charge on any atom is -0.385 e. The van der Waals surface area contributed by atoms with Crippen molar-refractivity contribution in [3.05, 3.63) is 12.2 Å². The van der Waals surface area contributed by atoms with Gasteiger partial charge < -0.3 is 14.8 Å². The third kappa shape index (κ3) is 5.79. The minimum atomic E-state index is 0.683. The monoisotopic (exact) mass is 228 g/mol. The van der Waals surface area contributed by atoms with Gasteiger partial charge in [-0.3, -0.25) is 4.68 Å². The molecule has 92 valence electrons. The number of rotatable bonds is 9. The first-order valence-corrected chi connectivity index (χ1v) is 5.45. The summed E-state index contributed by atoms with van der Waals surface area (Å²) in [6, 6.07) is 0. The summed E-state index contributed by atoms with van der Waals surface area (Å²) in [7, 11) is 3.55. The Morgan fingerprint density at radius 1 is 1.38 bits per heavy atom. The lowest BCUT2D eigenvalue weighted by atomic mass is 10.5. The highest BCUT2D eigenvalue weighted by Gasteiger charge is 1.96. The minimum absolute atomic E-state index is 0.683. The Morgan fingerprint density at radius 3 is 2.94 bits per heavy atom. The first kappa shape index (κ1) is 13.1. The fourth-order valence-electron chi connectivity index (χ4n) is 1.22. The smallest absolute Gasteiger partial charge is 0.164 e. The molecule has 0 atom stereocenters. The lowest BCUT2D eigenvalue weighted by Crippen LogP contribution is -2.20. The van der Waals surface area contributed by atoms with Crippen LogP contribution in [0.2, 0.25) is 0 Å². The molecule has 0 saturated carbocycles. The van der Waals surface area contributed by atoms with Gasteiger partial charge in [-0.15, -0.1) is 0 Å². The zero-order valence-electron chi connectivity index (χ0n) is 9.98. The SMILES string of the molecule is COCCCOCCNCc1ncn(C)n1. The summed E-state index contributed by atoms with van der Waals surface area (Å²) < 4.78 is 12.0. The second-order valence-corrected chi connectivity index (χ2v) is 3.47. The van der Waals surface area contributed by atoms with E-state index in [1.165, 1.54) is 0 Å². The predicted molar refractivity (Wildman–Crippen MR) is 60.0 cm³/mol. The molecule has 1 N–H and O–H groups in total. The number of methoxy groups -OCH3 is 1.